The van der Waals surface area contributed by atoms with Gasteiger partial charge in [0.15, 0.2) is 0 Å². The summed E-state index contributed by atoms with van der Waals surface area (Å²) in [6.07, 6.45) is 0. The summed E-state index contributed by atoms with van der Waals surface area (Å²) in [5.74, 6) is -0.891. The number of carbonyl (C=O) groups is 1. The van der Waals surface area contributed by atoms with Gasteiger partial charge in [-0.3, -0.25) is 0 Å². The van der Waals surface area contributed by atoms with Gasteiger partial charge in [0.2, 0.25) is 5.76 Å². The van der Waals surface area contributed by atoms with Crippen molar-refractivity contribution in [2.75, 3.05) is 0 Å². The lowest BCUT2D eigenvalue weighted by molar-refractivity contribution is 0.0663. The number of aromatic carboxylic acids is 1. The molecule has 0 spiro atoms. The third kappa shape index (κ3) is 1.66. The second-order valence-electron chi connectivity index (χ2n) is 3.52. The Labute approximate surface area is 110 Å². The van der Waals surface area contributed by atoms with Crippen LogP contribution in [-0.2, 0) is 0 Å². The fourth-order valence-corrected chi connectivity index (χ4v) is 2.44. The molecule has 18 heavy (non-hydrogen) atoms. The van der Waals surface area contributed by atoms with E-state index < -0.39 is 5.97 Å². The molecule has 90 valence electrons. The number of carboxylic acids is 1. The van der Waals surface area contributed by atoms with E-state index in [0.29, 0.717) is 27.4 Å². The second-order valence-corrected chi connectivity index (χ2v) is 4.46. The van der Waals surface area contributed by atoms with Gasteiger partial charge in [0, 0.05) is 0 Å². The van der Waals surface area contributed by atoms with Crippen LogP contribution in [0, 0.1) is 0 Å². The lowest BCUT2D eigenvalue weighted by Gasteiger charge is -2.00. The molecule has 0 radical (unpaired) electrons. The number of aromatic nitrogens is 2. The molecule has 0 bridgehead atoms. The van der Waals surface area contributed by atoms with Crippen LogP contribution < -0.4 is 0 Å². The zero-order valence-corrected chi connectivity index (χ0v) is 10.3. The van der Waals surface area contributed by atoms with Crippen LogP contribution >= 0.6 is 23.3 Å². The predicted octanol–water partition coefficient (Wildman–Crippen LogP) is 3.30. The lowest BCUT2D eigenvalue weighted by atomic mass is 10.1. The number of halogens is 1. The maximum absolute atomic E-state index is 10.8. The molecular weight excluding hydrogens is 276 g/mol. The van der Waals surface area contributed by atoms with Crippen molar-refractivity contribution in [2.24, 2.45) is 0 Å². The van der Waals surface area contributed by atoms with E-state index in [-0.39, 0.29) is 5.76 Å². The zero-order valence-electron chi connectivity index (χ0n) is 8.75. The smallest absolute Gasteiger partial charge is 0.371 e. The van der Waals surface area contributed by atoms with E-state index in [0.717, 1.165) is 11.7 Å². The highest BCUT2D eigenvalue weighted by molar-refractivity contribution is 7.00. The summed E-state index contributed by atoms with van der Waals surface area (Å²) in [6.45, 7) is 0. The summed E-state index contributed by atoms with van der Waals surface area (Å²) in [4.78, 5) is 10.8. The lowest BCUT2D eigenvalue weighted by Crippen LogP contribution is -1.91. The molecule has 2 heterocycles. The number of carboxylic acid groups (broad SMARTS) is 1. The van der Waals surface area contributed by atoms with E-state index in [1.165, 1.54) is 6.07 Å². The quantitative estimate of drug-likeness (QED) is 0.779. The fraction of sp³-hybridized carbons (Fsp3) is 0. The van der Waals surface area contributed by atoms with Gasteiger partial charge in [0.1, 0.15) is 16.8 Å². The first kappa shape index (κ1) is 11.2. The number of fused-ring (bicyclic) bond motifs is 1. The number of hydrogen-bond donors (Lipinski definition) is 1. The van der Waals surface area contributed by atoms with Gasteiger partial charge in [0.05, 0.1) is 22.3 Å². The molecule has 0 aliphatic heterocycles. The number of furan rings is 1. The molecule has 0 amide bonds. The van der Waals surface area contributed by atoms with Crippen LogP contribution in [0.15, 0.2) is 28.7 Å². The summed E-state index contributed by atoms with van der Waals surface area (Å²) >= 11 is 7.18. The number of benzene rings is 1. The van der Waals surface area contributed by atoms with E-state index in [1.807, 2.05) is 0 Å². The molecule has 3 rings (SSSR count). The van der Waals surface area contributed by atoms with Crippen LogP contribution in [0.3, 0.4) is 0 Å². The molecular formula is C11H5ClN2O3S. The molecule has 0 fully saturated rings. The Morgan fingerprint density at radius 1 is 1.28 bits per heavy atom. The van der Waals surface area contributed by atoms with Crippen molar-refractivity contribution in [3.63, 3.8) is 0 Å². The van der Waals surface area contributed by atoms with E-state index >= 15 is 0 Å². The van der Waals surface area contributed by atoms with Crippen LogP contribution in [0.1, 0.15) is 10.6 Å². The molecule has 1 aromatic carbocycles. The second kappa shape index (κ2) is 4.08. The van der Waals surface area contributed by atoms with Gasteiger partial charge in [-0.1, -0.05) is 11.6 Å². The summed E-state index contributed by atoms with van der Waals surface area (Å²) in [5, 5.41) is 9.28. The van der Waals surface area contributed by atoms with Crippen molar-refractivity contribution in [1.29, 1.82) is 0 Å². The molecule has 7 heteroatoms. The predicted molar refractivity (Wildman–Crippen MR) is 67.1 cm³/mol. The van der Waals surface area contributed by atoms with Gasteiger partial charge in [0.25, 0.3) is 0 Å². The number of rotatable bonds is 2. The first-order chi connectivity index (χ1) is 8.66. The Hall–Kier alpha value is -1.92. The molecule has 2 aromatic heterocycles. The molecule has 0 saturated carbocycles. The summed E-state index contributed by atoms with van der Waals surface area (Å²) in [7, 11) is 0. The van der Waals surface area contributed by atoms with Crippen LogP contribution in [0.5, 0.6) is 0 Å². The van der Waals surface area contributed by atoms with Crippen molar-refractivity contribution in [1.82, 2.24) is 8.75 Å². The summed E-state index contributed by atoms with van der Waals surface area (Å²) in [6, 6.07) is 6.38. The SMILES string of the molecule is O=C(O)c1ccc(-c2c(Cl)ccc3nsnc23)o1. The average molecular weight is 281 g/mol. The molecule has 5 nitrogen and oxygen atoms in total. The minimum absolute atomic E-state index is 0.138. The van der Waals surface area contributed by atoms with Crippen LogP contribution in [0.25, 0.3) is 22.4 Å². The molecule has 0 unspecified atom stereocenters. The third-order valence-electron chi connectivity index (χ3n) is 2.44. The maximum atomic E-state index is 10.8. The molecule has 0 saturated heterocycles. The van der Waals surface area contributed by atoms with Crippen molar-refractivity contribution < 1.29 is 14.3 Å². The minimum Gasteiger partial charge on any atom is -0.475 e. The van der Waals surface area contributed by atoms with Crippen LogP contribution in [0.2, 0.25) is 5.02 Å². The van der Waals surface area contributed by atoms with Gasteiger partial charge >= 0.3 is 5.97 Å². The van der Waals surface area contributed by atoms with Crippen molar-refractivity contribution in [2.45, 2.75) is 0 Å². The molecule has 0 aliphatic rings. The van der Waals surface area contributed by atoms with Gasteiger partial charge in [-0.25, -0.2) is 4.79 Å². The largest absolute Gasteiger partial charge is 0.475 e. The van der Waals surface area contributed by atoms with Gasteiger partial charge in [-0.05, 0) is 24.3 Å². The Balaban J connectivity index is 2.26. The topological polar surface area (TPSA) is 76.2 Å². The van der Waals surface area contributed by atoms with Crippen LogP contribution in [-0.4, -0.2) is 19.8 Å². The normalized spacial score (nSPS) is 10.9. The molecule has 3 aromatic rings. The highest BCUT2D eigenvalue weighted by Gasteiger charge is 2.17. The first-order valence-corrected chi connectivity index (χ1v) is 6.02. The highest BCUT2D eigenvalue weighted by atomic mass is 35.5. The fourth-order valence-electron chi connectivity index (χ4n) is 1.65. The minimum atomic E-state index is -1.12. The Morgan fingerprint density at radius 2 is 2.11 bits per heavy atom. The van der Waals surface area contributed by atoms with Crippen molar-refractivity contribution in [3.05, 3.63) is 35.0 Å². The molecule has 1 N–H and O–H groups in total. The molecule has 0 aliphatic carbocycles. The van der Waals surface area contributed by atoms with Crippen LogP contribution in [0.4, 0.5) is 0 Å². The van der Waals surface area contributed by atoms with Crippen molar-refractivity contribution >= 4 is 40.3 Å². The van der Waals surface area contributed by atoms with E-state index in [4.69, 9.17) is 21.1 Å². The third-order valence-corrected chi connectivity index (χ3v) is 3.30. The number of nitrogens with zero attached hydrogens (tertiary/aromatic N) is 2. The Morgan fingerprint density at radius 3 is 2.83 bits per heavy atom. The Kier molecular flexibility index (Phi) is 2.53. The van der Waals surface area contributed by atoms with E-state index in [2.05, 4.69) is 8.75 Å². The van der Waals surface area contributed by atoms with Gasteiger partial charge < -0.3 is 9.52 Å². The monoisotopic (exact) mass is 280 g/mol. The Bertz CT molecular complexity index is 750. The highest BCUT2D eigenvalue weighted by Crippen LogP contribution is 2.35. The first-order valence-electron chi connectivity index (χ1n) is 4.91. The zero-order chi connectivity index (χ0) is 12.7. The van der Waals surface area contributed by atoms with E-state index in [1.54, 1.807) is 18.2 Å². The van der Waals surface area contributed by atoms with E-state index in [9.17, 15) is 4.79 Å². The summed E-state index contributed by atoms with van der Waals surface area (Å²) < 4.78 is 13.5. The summed E-state index contributed by atoms with van der Waals surface area (Å²) in [5.41, 5.74) is 1.88. The van der Waals surface area contributed by atoms with Gasteiger partial charge in [-0.2, -0.15) is 8.75 Å². The molecule has 0 atom stereocenters. The maximum Gasteiger partial charge on any atom is 0.371 e. The average Bonchev–Trinajstić information content (AvgIpc) is 2.95. The number of hydrogen-bond acceptors (Lipinski definition) is 5. The van der Waals surface area contributed by atoms with Crippen molar-refractivity contribution in [3.8, 4) is 11.3 Å². The standard InChI is InChI=1S/C11H5ClN2O3S/c12-5-1-2-6-10(14-18-13-6)9(5)7-3-4-8(17-7)11(15)16/h1-4H,(H,15,16). The van der Waals surface area contributed by atoms with Gasteiger partial charge in [-0.15, -0.1) is 0 Å².